The number of methoxy groups -OCH3 is 1. The van der Waals surface area contributed by atoms with Crippen molar-refractivity contribution in [1.29, 1.82) is 0 Å². The number of nitro benzene ring substituents is 1. The molecule has 0 fully saturated rings. The van der Waals surface area contributed by atoms with Gasteiger partial charge in [-0.2, -0.15) is 8.78 Å². The van der Waals surface area contributed by atoms with Crippen molar-refractivity contribution < 1.29 is 37.5 Å². The SMILES string of the molecule is COc1cc([N+](=O)[O-])ccc1NC(=O)COC(=O)c1cc(-c2ccc(OC(F)F)cc2)nc2ccccc12. The van der Waals surface area contributed by atoms with E-state index in [9.17, 15) is 28.5 Å². The second kappa shape index (κ2) is 11.3. The molecule has 1 aromatic heterocycles. The Morgan fingerprint density at radius 1 is 1.05 bits per heavy atom. The molecule has 0 saturated heterocycles. The first-order valence-electron chi connectivity index (χ1n) is 11.0. The summed E-state index contributed by atoms with van der Waals surface area (Å²) < 4.78 is 39.6. The summed E-state index contributed by atoms with van der Waals surface area (Å²) in [5.41, 5.74) is 1.47. The van der Waals surface area contributed by atoms with Crippen LogP contribution in [0.25, 0.3) is 22.2 Å². The molecule has 194 valence electrons. The van der Waals surface area contributed by atoms with E-state index in [1.54, 1.807) is 24.3 Å². The third-order valence-electron chi connectivity index (χ3n) is 5.32. The number of amides is 1. The Balaban J connectivity index is 1.53. The number of esters is 1. The molecule has 38 heavy (non-hydrogen) atoms. The summed E-state index contributed by atoms with van der Waals surface area (Å²) in [7, 11) is 1.29. The number of nitrogens with one attached hydrogen (secondary N) is 1. The highest BCUT2D eigenvalue weighted by Gasteiger charge is 2.18. The molecule has 12 heteroatoms. The summed E-state index contributed by atoms with van der Waals surface area (Å²) in [6.07, 6.45) is 0. The van der Waals surface area contributed by atoms with E-state index in [0.717, 1.165) is 6.07 Å². The van der Waals surface area contributed by atoms with E-state index in [-0.39, 0.29) is 28.4 Å². The van der Waals surface area contributed by atoms with E-state index in [4.69, 9.17) is 9.47 Å². The number of rotatable bonds is 9. The van der Waals surface area contributed by atoms with E-state index in [0.29, 0.717) is 22.2 Å². The average Bonchev–Trinajstić information content (AvgIpc) is 2.91. The first kappa shape index (κ1) is 25.9. The lowest BCUT2D eigenvalue weighted by Gasteiger charge is -2.12. The number of hydrogen-bond acceptors (Lipinski definition) is 8. The van der Waals surface area contributed by atoms with Crippen LogP contribution in [0.5, 0.6) is 11.5 Å². The third-order valence-corrected chi connectivity index (χ3v) is 5.32. The van der Waals surface area contributed by atoms with Gasteiger partial charge in [0.2, 0.25) is 0 Å². The number of nitrogens with zero attached hydrogens (tertiary/aromatic N) is 2. The number of hydrogen-bond donors (Lipinski definition) is 1. The molecule has 0 saturated carbocycles. The van der Waals surface area contributed by atoms with Crippen LogP contribution in [0.4, 0.5) is 20.2 Å². The van der Waals surface area contributed by atoms with Gasteiger partial charge >= 0.3 is 12.6 Å². The van der Waals surface area contributed by atoms with Gasteiger partial charge < -0.3 is 19.5 Å². The van der Waals surface area contributed by atoms with Crippen molar-refractivity contribution in [3.05, 3.63) is 88.5 Å². The van der Waals surface area contributed by atoms with Gasteiger partial charge in [-0.3, -0.25) is 14.9 Å². The van der Waals surface area contributed by atoms with Crippen LogP contribution >= 0.6 is 0 Å². The predicted molar refractivity (Wildman–Crippen MR) is 132 cm³/mol. The Morgan fingerprint density at radius 2 is 1.79 bits per heavy atom. The second-order valence-electron chi connectivity index (χ2n) is 7.74. The van der Waals surface area contributed by atoms with Crippen LogP contribution in [0.2, 0.25) is 0 Å². The lowest BCUT2D eigenvalue weighted by atomic mass is 10.0. The van der Waals surface area contributed by atoms with Crippen LogP contribution in [0, 0.1) is 10.1 Å². The molecule has 1 amide bonds. The second-order valence-corrected chi connectivity index (χ2v) is 7.74. The van der Waals surface area contributed by atoms with E-state index in [1.807, 2.05) is 0 Å². The van der Waals surface area contributed by atoms with Crippen molar-refractivity contribution in [3.63, 3.8) is 0 Å². The van der Waals surface area contributed by atoms with Gasteiger partial charge in [0.15, 0.2) is 6.61 Å². The molecule has 4 rings (SSSR count). The fourth-order valence-corrected chi connectivity index (χ4v) is 3.59. The maximum atomic E-state index is 13.0. The van der Waals surface area contributed by atoms with Gasteiger partial charge in [-0.05, 0) is 42.5 Å². The summed E-state index contributed by atoms with van der Waals surface area (Å²) in [6.45, 7) is -3.61. The Hall–Kier alpha value is -5.13. The molecule has 10 nitrogen and oxygen atoms in total. The molecule has 0 bridgehead atoms. The number of anilines is 1. The number of para-hydroxylation sites is 1. The molecule has 0 atom stereocenters. The minimum absolute atomic E-state index is 0.0279. The number of aromatic nitrogens is 1. The zero-order chi connectivity index (χ0) is 27.2. The van der Waals surface area contributed by atoms with Gasteiger partial charge in [0.05, 0.1) is 40.6 Å². The number of carbonyl (C=O) groups is 2. The van der Waals surface area contributed by atoms with Crippen molar-refractivity contribution in [2.45, 2.75) is 6.61 Å². The normalized spacial score (nSPS) is 10.7. The number of ether oxygens (including phenoxy) is 3. The zero-order valence-electron chi connectivity index (χ0n) is 19.7. The molecule has 0 spiro atoms. The lowest BCUT2D eigenvalue weighted by Crippen LogP contribution is -2.21. The van der Waals surface area contributed by atoms with Crippen LogP contribution in [0.15, 0.2) is 72.8 Å². The quantitative estimate of drug-likeness (QED) is 0.180. The molecule has 0 aliphatic heterocycles. The summed E-state index contributed by atoms with van der Waals surface area (Å²) in [6, 6.07) is 17.7. The van der Waals surface area contributed by atoms with E-state index >= 15 is 0 Å². The van der Waals surface area contributed by atoms with Crippen molar-refractivity contribution in [2.24, 2.45) is 0 Å². The number of pyridine rings is 1. The van der Waals surface area contributed by atoms with Crippen LogP contribution < -0.4 is 14.8 Å². The van der Waals surface area contributed by atoms with Gasteiger partial charge in [0.1, 0.15) is 11.5 Å². The molecule has 3 aromatic carbocycles. The first-order chi connectivity index (χ1) is 18.2. The fourth-order valence-electron chi connectivity index (χ4n) is 3.59. The Kier molecular flexibility index (Phi) is 7.71. The molecule has 1 heterocycles. The Morgan fingerprint density at radius 3 is 2.47 bits per heavy atom. The van der Waals surface area contributed by atoms with Gasteiger partial charge in [0, 0.05) is 17.0 Å². The summed E-state index contributed by atoms with van der Waals surface area (Å²) in [5.74, 6) is -1.46. The number of nitro groups is 1. The summed E-state index contributed by atoms with van der Waals surface area (Å²) in [5, 5.41) is 13.9. The highest BCUT2D eigenvalue weighted by Crippen LogP contribution is 2.29. The maximum absolute atomic E-state index is 13.0. The van der Waals surface area contributed by atoms with Crippen molar-refractivity contribution in [2.75, 3.05) is 19.0 Å². The third kappa shape index (κ3) is 5.98. The first-order valence-corrected chi connectivity index (χ1v) is 11.0. The van der Waals surface area contributed by atoms with Gasteiger partial charge in [-0.25, -0.2) is 9.78 Å². The molecule has 0 aliphatic rings. The topological polar surface area (TPSA) is 130 Å². The highest BCUT2D eigenvalue weighted by molar-refractivity contribution is 6.05. The predicted octanol–water partition coefficient (Wildman–Crippen LogP) is 5.22. The lowest BCUT2D eigenvalue weighted by molar-refractivity contribution is -0.384. The molecule has 4 aromatic rings. The van der Waals surface area contributed by atoms with Gasteiger partial charge in [-0.1, -0.05) is 18.2 Å². The molecule has 1 N–H and O–H groups in total. The molecule has 0 radical (unpaired) electrons. The van der Waals surface area contributed by atoms with Crippen molar-refractivity contribution >= 4 is 34.2 Å². The number of alkyl halides is 2. The van der Waals surface area contributed by atoms with Crippen molar-refractivity contribution in [3.8, 4) is 22.8 Å². The van der Waals surface area contributed by atoms with Crippen LogP contribution in [0.3, 0.4) is 0 Å². The summed E-state index contributed by atoms with van der Waals surface area (Å²) in [4.78, 5) is 40.3. The number of carbonyl (C=O) groups excluding carboxylic acids is 2. The monoisotopic (exact) mass is 523 g/mol. The van der Waals surface area contributed by atoms with Gasteiger partial charge in [0.25, 0.3) is 11.6 Å². The van der Waals surface area contributed by atoms with Crippen molar-refractivity contribution in [1.82, 2.24) is 4.98 Å². The zero-order valence-corrected chi connectivity index (χ0v) is 19.7. The minimum Gasteiger partial charge on any atom is -0.494 e. The standard InChI is InChI=1S/C26H19F2N3O7/c1-36-23-12-16(31(34)35)8-11-21(23)30-24(32)14-37-25(33)19-13-22(29-20-5-3-2-4-18(19)20)15-6-9-17(10-7-15)38-26(27)28/h2-13,26H,14H2,1H3,(H,30,32). The minimum atomic E-state index is -2.96. The van der Waals surface area contributed by atoms with Crippen LogP contribution in [-0.2, 0) is 9.53 Å². The number of benzene rings is 3. The molecule has 0 aliphatic carbocycles. The molecular weight excluding hydrogens is 504 g/mol. The fraction of sp³-hybridized carbons (Fsp3) is 0.115. The smallest absolute Gasteiger partial charge is 0.387 e. The Labute approximate surface area is 213 Å². The van der Waals surface area contributed by atoms with E-state index < -0.39 is 30.0 Å². The maximum Gasteiger partial charge on any atom is 0.387 e. The number of halogens is 2. The van der Waals surface area contributed by atoms with Crippen LogP contribution in [-0.4, -0.2) is 42.1 Å². The highest BCUT2D eigenvalue weighted by atomic mass is 19.3. The summed E-state index contributed by atoms with van der Waals surface area (Å²) >= 11 is 0. The number of fused-ring (bicyclic) bond motifs is 1. The van der Waals surface area contributed by atoms with E-state index in [1.165, 1.54) is 49.6 Å². The van der Waals surface area contributed by atoms with E-state index in [2.05, 4.69) is 15.0 Å². The van der Waals surface area contributed by atoms with Crippen LogP contribution in [0.1, 0.15) is 10.4 Å². The largest absolute Gasteiger partial charge is 0.494 e. The molecule has 0 unspecified atom stereocenters. The van der Waals surface area contributed by atoms with Gasteiger partial charge in [-0.15, -0.1) is 0 Å². The average molecular weight is 523 g/mol. The number of non-ortho nitro benzene ring substituents is 1. The Bertz CT molecular complexity index is 1510. The molecular formula is C26H19F2N3O7.